The predicted octanol–water partition coefficient (Wildman–Crippen LogP) is 1.49. The smallest absolute Gasteiger partial charge is 0.253 e. The lowest BCUT2D eigenvalue weighted by molar-refractivity contribution is 0.0852. The summed E-state index contributed by atoms with van der Waals surface area (Å²) < 4.78 is 0. The van der Waals surface area contributed by atoms with Crippen molar-refractivity contribution in [3.63, 3.8) is 0 Å². The maximum Gasteiger partial charge on any atom is 0.253 e. The molecule has 1 aliphatic heterocycles. The Balaban J connectivity index is 1.61. The van der Waals surface area contributed by atoms with Crippen molar-refractivity contribution in [1.29, 1.82) is 0 Å². The molecule has 2 heterocycles. The summed E-state index contributed by atoms with van der Waals surface area (Å²) in [5.74, 6) is 0.00414. The standard InChI is InChI=1S/C14H19N3O/c18-13(11-3-1-7-15-10-11)17-12-4-8-16-14(9-12)5-2-6-14/h1,3,7,10,12,16H,2,4-6,8-9H2,(H,17,18). The minimum atomic E-state index is 0.00414. The third-order valence-corrected chi connectivity index (χ3v) is 4.20. The Hall–Kier alpha value is -1.42. The summed E-state index contributed by atoms with van der Waals surface area (Å²) in [5, 5.41) is 6.75. The van der Waals surface area contributed by atoms with E-state index in [9.17, 15) is 4.79 Å². The molecular formula is C14H19N3O. The van der Waals surface area contributed by atoms with Gasteiger partial charge in [0.15, 0.2) is 0 Å². The van der Waals surface area contributed by atoms with Crippen molar-refractivity contribution in [3.05, 3.63) is 30.1 Å². The molecule has 96 valence electrons. The maximum absolute atomic E-state index is 12.1. The highest BCUT2D eigenvalue weighted by atomic mass is 16.1. The second-order valence-corrected chi connectivity index (χ2v) is 5.47. The van der Waals surface area contributed by atoms with Crippen molar-refractivity contribution < 1.29 is 4.79 Å². The summed E-state index contributed by atoms with van der Waals surface area (Å²) in [7, 11) is 0. The molecule has 0 aromatic carbocycles. The zero-order chi connectivity index (χ0) is 12.4. The molecule has 1 saturated carbocycles. The Labute approximate surface area is 107 Å². The fourth-order valence-electron chi connectivity index (χ4n) is 3.03. The third kappa shape index (κ3) is 2.25. The van der Waals surface area contributed by atoms with Gasteiger partial charge in [-0.3, -0.25) is 9.78 Å². The first kappa shape index (κ1) is 11.7. The molecule has 1 atom stereocenters. The van der Waals surface area contributed by atoms with Crippen LogP contribution in [0.15, 0.2) is 24.5 Å². The molecule has 0 radical (unpaired) electrons. The van der Waals surface area contributed by atoms with Crippen LogP contribution >= 0.6 is 0 Å². The lowest BCUT2D eigenvalue weighted by atomic mass is 9.70. The van der Waals surface area contributed by atoms with Crippen LogP contribution in [0, 0.1) is 0 Å². The molecule has 2 aliphatic rings. The summed E-state index contributed by atoms with van der Waals surface area (Å²) in [5.41, 5.74) is 0.976. The van der Waals surface area contributed by atoms with E-state index in [2.05, 4.69) is 15.6 Å². The van der Waals surface area contributed by atoms with Gasteiger partial charge in [0.2, 0.25) is 0 Å². The average molecular weight is 245 g/mol. The Morgan fingerprint density at radius 3 is 3.06 bits per heavy atom. The number of carbonyl (C=O) groups excluding carboxylic acids is 1. The van der Waals surface area contributed by atoms with Crippen LogP contribution in [0.4, 0.5) is 0 Å². The first-order valence-electron chi connectivity index (χ1n) is 6.73. The number of aromatic nitrogens is 1. The maximum atomic E-state index is 12.1. The van der Waals surface area contributed by atoms with Gasteiger partial charge in [0.25, 0.3) is 5.91 Å². The molecule has 0 bridgehead atoms. The minimum Gasteiger partial charge on any atom is -0.349 e. The molecule has 1 aromatic rings. The molecule has 1 aromatic heterocycles. The van der Waals surface area contributed by atoms with E-state index in [-0.39, 0.29) is 5.91 Å². The topological polar surface area (TPSA) is 54.0 Å². The highest BCUT2D eigenvalue weighted by molar-refractivity contribution is 5.94. The molecule has 1 unspecified atom stereocenters. The quantitative estimate of drug-likeness (QED) is 0.830. The zero-order valence-corrected chi connectivity index (χ0v) is 10.5. The van der Waals surface area contributed by atoms with Crippen LogP contribution in [-0.2, 0) is 0 Å². The van der Waals surface area contributed by atoms with Crippen LogP contribution < -0.4 is 10.6 Å². The van der Waals surface area contributed by atoms with E-state index in [0.29, 0.717) is 17.1 Å². The van der Waals surface area contributed by atoms with Crippen molar-refractivity contribution in [2.45, 2.75) is 43.7 Å². The van der Waals surface area contributed by atoms with E-state index in [4.69, 9.17) is 0 Å². The number of piperidine rings is 1. The number of hydrogen-bond acceptors (Lipinski definition) is 3. The SMILES string of the molecule is O=C(NC1CCNC2(CCC2)C1)c1cccnc1. The molecule has 4 nitrogen and oxygen atoms in total. The zero-order valence-electron chi connectivity index (χ0n) is 10.5. The minimum absolute atomic E-state index is 0.00414. The number of amides is 1. The van der Waals surface area contributed by atoms with Crippen molar-refractivity contribution in [2.24, 2.45) is 0 Å². The second-order valence-electron chi connectivity index (χ2n) is 5.47. The van der Waals surface area contributed by atoms with Gasteiger partial charge in [-0.15, -0.1) is 0 Å². The molecule has 1 amide bonds. The summed E-state index contributed by atoms with van der Waals surface area (Å²) in [6.07, 6.45) is 9.22. The van der Waals surface area contributed by atoms with Gasteiger partial charge in [0, 0.05) is 24.0 Å². The van der Waals surface area contributed by atoms with E-state index in [1.807, 2.05) is 6.07 Å². The van der Waals surface area contributed by atoms with Crippen molar-refractivity contribution >= 4 is 5.91 Å². The van der Waals surface area contributed by atoms with Gasteiger partial charge in [-0.2, -0.15) is 0 Å². The summed E-state index contributed by atoms with van der Waals surface area (Å²) in [4.78, 5) is 16.0. The molecule has 1 saturated heterocycles. The molecule has 1 aliphatic carbocycles. The molecule has 2 fully saturated rings. The number of rotatable bonds is 2. The van der Waals surface area contributed by atoms with Crippen LogP contribution in [0.2, 0.25) is 0 Å². The van der Waals surface area contributed by atoms with Crippen LogP contribution in [0.5, 0.6) is 0 Å². The van der Waals surface area contributed by atoms with E-state index >= 15 is 0 Å². The lowest BCUT2D eigenvalue weighted by Gasteiger charge is -2.48. The number of nitrogens with zero attached hydrogens (tertiary/aromatic N) is 1. The number of nitrogens with one attached hydrogen (secondary N) is 2. The van der Waals surface area contributed by atoms with Crippen LogP contribution in [0.1, 0.15) is 42.5 Å². The first-order chi connectivity index (χ1) is 8.77. The first-order valence-corrected chi connectivity index (χ1v) is 6.73. The monoisotopic (exact) mass is 245 g/mol. The summed E-state index contributed by atoms with van der Waals surface area (Å²) in [6.45, 7) is 1.01. The molecule has 1 spiro atoms. The molecule has 2 N–H and O–H groups in total. The van der Waals surface area contributed by atoms with E-state index in [0.717, 1.165) is 19.4 Å². The number of carbonyl (C=O) groups is 1. The van der Waals surface area contributed by atoms with Crippen molar-refractivity contribution in [2.75, 3.05) is 6.54 Å². The van der Waals surface area contributed by atoms with Crippen molar-refractivity contribution in [3.8, 4) is 0 Å². The van der Waals surface area contributed by atoms with Gasteiger partial charge < -0.3 is 10.6 Å². The summed E-state index contributed by atoms with van der Waals surface area (Å²) >= 11 is 0. The van der Waals surface area contributed by atoms with Crippen molar-refractivity contribution in [1.82, 2.24) is 15.6 Å². The Morgan fingerprint density at radius 2 is 2.39 bits per heavy atom. The van der Waals surface area contributed by atoms with E-state index in [1.165, 1.54) is 19.3 Å². The fourth-order valence-corrected chi connectivity index (χ4v) is 3.03. The van der Waals surface area contributed by atoms with Gasteiger partial charge in [-0.1, -0.05) is 0 Å². The van der Waals surface area contributed by atoms with Crippen LogP contribution in [0.25, 0.3) is 0 Å². The summed E-state index contributed by atoms with van der Waals surface area (Å²) in [6, 6.07) is 3.91. The highest BCUT2D eigenvalue weighted by Gasteiger charge is 2.41. The number of pyridine rings is 1. The second kappa shape index (κ2) is 4.69. The largest absolute Gasteiger partial charge is 0.349 e. The normalized spacial score (nSPS) is 25.4. The number of hydrogen-bond donors (Lipinski definition) is 2. The Bertz CT molecular complexity index is 428. The van der Waals surface area contributed by atoms with E-state index < -0.39 is 0 Å². The van der Waals surface area contributed by atoms with Gasteiger partial charge in [0.1, 0.15) is 0 Å². The fraction of sp³-hybridized carbons (Fsp3) is 0.571. The van der Waals surface area contributed by atoms with Gasteiger partial charge in [0.05, 0.1) is 5.56 Å². The molecule has 18 heavy (non-hydrogen) atoms. The molecule has 3 rings (SSSR count). The van der Waals surface area contributed by atoms with Gasteiger partial charge >= 0.3 is 0 Å². The van der Waals surface area contributed by atoms with Crippen LogP contribution in [0.3, 0.4) is 0 Å². The Morgan fingerprint density at radius 1 is 1.50 bits per heavy atom. The highest BCUT2D eigenvalue weighted by Crippen LogP contribution is 2.38. The predicted molar refractivity (Wildman–Crippen MR) is 69.3 cm³/mol. The Kier molecular flexibility index (Phi) is 3.04. The van der Waals surface area contributed by atoms with E-state index in [1.54, 1.807) is 18.5 Å². The average Bonchev–Trinajstić information content (AvgIpc) is 2.38. The van der Waals surface area contributed by atoms with Gasteiger partial charge in [-0.25, -0.2) is 0 Å². The van der Waals surface area contributed by atoms with Crippen LogP contribution in [-0.4, -0.2) is 29.0 Å². The molecular weight excluding hydrogens is 226 g/mol. The lowest BCUT2D eigenvalue weighted by Crippen LogP contribution is -2.59. The third-order valence-electron chi connectivity index (χ3n) is 4.20. The van der Waals surface area contributed by atoms with Gasteiger partial charge in [-0.05, 0) is 50.8 Å². The molecule has 4 heteroatoms.